The molecule has 0 amide bonds. The van der Waals surface area contributed by atoms with E-state index in [0.29, 0.717) is 24.8 Å². The largest absolute Gasteiger partial charge is 0.329 e. The second kappa shape index (κ2) is 7.76. The first-order valence-electron chi connectivity index (χ1n) is 8.10. The van der Waals surface area contributed by atoms with Crippen molar-refractivity contribution < 1.29 is 8.42 Å². The van der Waals surface area contributed by atoms with Crippen LogP contribution in [0.15, 0.2) is 0 Å². The molecule has 0 bridgehead atoms. The van der Waals surface area contributed by atoms with Gasteiger partial charge in [0.25, 0.3) is 0 Å². The molecule has 0 aliphatic heterocycles. The van der Waals surface area contributed by atoms with E-state index < -0.39 is 15.6 Å². The Balaban J connectivity index is 2.87. The predicted molar refractivity (Wildman–Crippen MR) is 85.1 cm³/mol. The van der Waals surface area contributed by atoms with E-state index in [0.717, 1.165) is 25.7 Å². The second-order valence-corrected chi connectivity index (χ2v) is 8.35. The first kappa shape index (κ1) is 17.9. The third kappa shape index (κ3) is 4.43. The summed E-state index contributed by atoms with van der Waals surface area (Å²) in [5.74, 6) is 0.648. The highest BCUT2D eigenvalue weighted by molar-refractivity contribution is 7.89. The number of nitrogens with two attached hydrogens (primary N) is 1. The maximum Gasteiger partial charge on any atom is 0.214 e. The van der Waals surface area contributed by atoms with Crippen molar-refractivity contribution in [1.29, 1.82) is 0 Å². The Kier molecular flexibility index (Phi) is 6.95. The number of nitrogens with zero attached hydrogens (tertiary/aromatic N) is 1. The van der Waals surface area contributed by atoms with E-state index in [1.165, 1.54) is 19.3 Å². The molecule has 0 radical (unpaired) electrons. The van der Waals surface area contributed by atoms with Crippen LogP contribution in [-0.4, -0.2) is 37.1 Å². The zero-order valence-corrected chi connectivity index (χ0v) is 14.2. The summed E-state index contributed by atoms with van der Waals surface area (Å²) in [5, 5.41) is 0. The van der Waals surface area contributed by atoms with Crippen molar-refractivity contribution in [2.24, 2.45) is 11.7 Å². The van der Waals surface area contributed by atoms with Gasteiger partial charge in [0.2, 0.25) is 10.0 Å². The molecule has 2 N–H and O–H groups in total. The van der Waals surface area contributed by atoms with E-state index in [2.05, 4.69) is 0 Å². The third-order valence-electron chi connectivity index (χ3n) is 4.74. The molecule has 0 aromatic rings. The van der Waals surface area contributed by atoms with Gasteiger partial charge in [0, 0.05) is 18.6 Å². The van der Waals surface area contributed by atoms with Crippen LogP contribution in [0.1, 0.15) is 65.7 Å². The molecule has 0 aromatic heterocycles. The number of rotatable bonds is 8. The molecule has 1 unspecified atom stereocenters. The molecule has 1 fully saturated rings. The van der Waals surface area contributed by atoms with Crippen molar-refractivity contribution >= 4 is 10.0 Å². The Bertz CT molecular complexity index is 371. The van der Waals surface area contributed by atoms with E-state index >= 15 is 0 Å². The Labute approximate surface area is 125 Å². The fourth-order valence-corrected chi connectivity index (χ4v) is 5.56. The second-order valence-electron chi connectivity index (χ2n) is 6.41. The van der Waals surface area contributed by atoms with Gasteiger partial charge in [-0.25, -0.2) is 8.42 Å². The lowest BCUT2D eigenvalue weighted by Crippen LogP contribution is -2.55. The standard InChI is InChI=1S/C15H32N2O2S/c1-4-11-17(15(3,5-2)13-16)20(18,19)12-14-9-7-6-8-10-14/h14H,4-13,16H2,1-3H3. The van der Waals surface area contributed by atoms with Crippen molar-refractivity contribution in [3.8, 4) is 0 Å². The fourth-order valence-electron chi connectivity index (χ4n) is 3.11. The highest BCUT2D eigenvalue weighted by Crippen LogP contribution is 2.29. The minimum Gasteiger partial charge on any atom is -0.329 e. The van der Waals surface area contributed by atoms with Crippen molar-refractivity contribution in [3.05, 3.63) is 0 Å². The first-order chi connectivity index (χ1) is 9.39. The Morgan fingerprint density at radius 1 is 1.20 bits per heavy atom. The number of sulfonamides is 1. The molecule has 5 heteroatoms. The maximum atomic E-state index is 12.8. The SMILES string of the molecule is CCCN(C(C)(CC)CN)S(=O)(=O)CC1CCCCC1. The molecule has 1 aliphatic carbocycles. The lowest BCUT2D eigenvalue weighted by Gasteiger charge is -2.40. The minimum atomic E-state index is -3.21. The highest BCUT2D eigenvalue weighted by atomic mass is 32.2. The van der Waals surface area contributed by atoms with Gasteiger partial charge < -0.3 is 5.73 Å². The molecule has 0 heterocycles. The molecule has 4 nitrogen and oxygen atoms in total. The molecule has 1 atom stereocenters. The zero-order chi connectivity index (χ0) is 15.2. The van der Waals surface area contributed by atoms with Gasteiger partial charge in [-0.3, -0.25) is 0 Å². The Hall–Kier alpha value is -0.130. The van der Waals surface area contributed by atoms with Gasteiger partial charge in [0.1, 0.15) is 0 Å². The summed E-state index contributed by atoms with van der Waals surface area (Å²) >= 11 is 0. The minimum absolute atomic E-state index is 0.308. The van der Waals surface area contributed by atoms with E-state index in [4.69, 9.17) is 5.73 Å². The molecule has 0 spiro atoms. The van der Waals surface area contributed by atoms with Gasteiger partial charge in [-0.05, 0) is 38.5 Å². The average Bonchev–Trinajstić information content (AvgIpc) is 2.44. The van der Waals surface area contributed by atoms with Crippen LogP contribution in [0.25, 0.3) is 0 Å². The normalized spacial score (nSPS) is 21.1. The molecule has 120 valence electrons. The van der Waals surface area contributed by atoms with Crippen LogP contribution in [0.5, 0.6) is 0 Å². The summed E-state index contributed by atoms with van der Waals surface area (Å²) in [6, 6.07) is 0. The van der Waals surface area contributed by atoms with E-state index in [-0.39, 0.29) is 0 Å². The molecule has 0 aromatic carbocycles. The summed E-state index contributed by atoms with van der Waals surface area (Å²) in [7, 11) is -3.21. The highest BCUT2D eigenvalue weighted by Gasteiger charge is 2.38. The van der Waals surface area contributed by atoms with Gasteiger partial charge in [-0.15, -0.1) is 0 Å². The van der Waals surface area contributed by atoms with Crippen LogP contribution in [0.3, 0.4) is 0 Å². The van der Waals surface area contributed by atoms with Gasteiger partial charge in [0.05, 0.1) is 5.75 Å². The monoisotopic (exact) mass is 304 g/mol. The molecule has 0 saturated heterocycles. The third-order valence-corrected chi connectivity index (χ3v) is 6.92. The summed E-state index contributed by atoms with van der Waals surface area (Å²) in [6.07, 6.45) is 7.32. The van der Waals surface area contributed by atoms with Crippen LogP contribution in [-0.2, 0) is 10.0 Å². The zero-order valence-electron chi connectivity index (χ0n) is 13.4. The summed E-state index contributed by atoms with van der Waals surface area (Å²) in [5.41, 5.74) is 5.43. The average molecular weight is 305 g/mol. The molecule has 1 rings (SSSR count). The van der Waals surface area contributed by atoms with Crippen LogP contribution < -0.4 is 5.73 Å². The number of hydrogen-bond donors (Lipinski definition) is 1. The van der Waals surface area contributed by atoms with Gasteiger partial charge >= 0.3 is 0 Å². The van der Waals surface area contributed by atoms with Crippen molar-refractivity contribution in [2.75, 3.05) is 18.8 Å². The molecular weight excluding hydrogens is 272 g/mol. The smallest absolute Gasteiger partial charge is 0.214 e. The topological polar surface area (TPSA) is 63.4 Å². The summed E-state index contributed by atoms with van der Waals surface area (Å²) in [6.45, 7) is 6.98. The van der Waals surface area contributed by atoms with Gasteiger partial charge in [-0.1, -0.05) is 33.1 Å². The van der Waals surface area contributed by atoms with E-state index in [9.17, 15) is 8.42 Å². The van der Waals surface area contributed by atoms with Crippen molar-refractivity contribution in [3.63, 3.8) is 0 Å². The molecular formula is C15H32N2O2S. The van der Waals surface area contributed by atoms with Gasteiger partial charge in [0.15, 0.2) is 0 Å². The lowest BCUT2D eigenvalue weighted by molar-refractivity contribution is 0.204. The van der Waals surface area contributed by atoms with Crippen LogP contribution in [0.2, 0.25) is 0 Å². The number of hydrogen-bond acceptors (Lipinski definition) is 3. The Morgan fingerprint density at radius 3 is 2.25 bits per heavy atom. The molecule has 1 aliphatic rings. The predicted octanol–water partition coefficient (Wildman–Crippen LogP) is 2.74. The van der Waals surface area contributed by atoms with Crippen LogP contribution in [0, 0.1) is 5.92 Å². The lowest BCUT2D eigenvalue weighted by atomic mass is 9.91. The van der Waals surface area contributed by atoms with Crippen LogP contribution >= 0.6 is 0 Å². The summed E-state index contributed by atoms with van der Waals surface area (Å²) < 4.78 is 27.3. The first-order valence-corrected chi connectivity index (χ1v) is 9.71. The van der Waals surface area contributed by atoms with Crippen LogP contribution in [0.4, 0.5) is 0 Å². The Morgan fingerprint density at radius 2 is 1.80 bits per heavy atom. The summed E-state index contributed by atoms with van der Waals surface area (Å²) in [4.78, 5) is 0. The quantitative estimate of drug-likeness (QED) is 0.750. The molecule has 1 saturated carbocycles. The fraction of sp³-hybridized carbons (Fsp3) is 1.00. The van der Waals surface area contributed by atoms with Gasteiger partial charge in [-0.2, -0.15) is 4.31 Å². The maximum absolute atomic E-state index is 12.8. The van der Waals surface area contributed by atoms with E-state index in [1.807, 2.05) is 20.8 Å². The van der Waals surface area contributed by atoms with Crippen molar-refractivity contribution in [1.82, 2.24) is 4.31 Å². The van der Waals surface area contributed by atoms with Crippen molar-refractivity contribution in [2.45, 2.75) is 71.3 Å². The van der Waals surface area contributed by atoms with E-state index in [1.54, 1.807) is 4.31 Å². The molecule has 20 heavy (non-hydrogen) atoms.